The predicted molar refractivity (Wildman–Crippen MR) is 61.3 cm³/mol. The van der Waals surface area contributed by atoms with Crippen molar-refractivity contribution in [3.8, 4) is 0 Å². The zero-order valence-electron chi connectivity index (χ0n) is 9.51. The van der Waals surface area contributed by atoms with Gasteiger partial charge in [-0.2, -0.15) is 0 Å². The van der Waals surface area contributed by atoms with Crippen molar-refractivity contribution in [1.29, 1.82) is 0 Å². The summed E-state index contributed by atoms with van der Waals surface area (Å²) in [5.74, 6) is -0.0441. The Morgan fingerprint density at radius 1 is 1.62 bits per heavy atom. The maximum absolute atomic E-state index is 11.8. The Labute approximate surface area is 99.1 Å². The van der Waals surface area contributed by atoms with Crippen molar-refractivity contribution in [2.24, 2.45) is 0 Å². The molecule has 2 unspecified atom stereocenters. The number of aliphatic carboxylic acids is 1. The van der Waals surface area contributed by atoms with Gasteiger partial charge in [0, 0.05) is 19.3 Å². The second kappa shape index (κ2) is 6.10. The highest BCUT2D eigenvalue weighted by atomic mass is 32.2. The van der Waals surface area contributed by atoms with Crippen molar-refractivity contribution in [2.75, 3.05) is 18.7 Å². The lowest BCUT2D eigenvalue weighted by Crippen LogP contribution is -2.41. The first kappa shape index (κ1) is 13.3. The summed E-state index contributed by atoms with van der Waals surface area (Å²) in [5, 5.41) is 8.92. The normalized spacial score (nSPS) is 22.1. The van der Waals surface area contributed by atoms with Crippen LogP contribution in [0, 0.1) is 0 Å². The summed E-state index contributed by atoms with van der Waals surface area (Å²) in [5.41, 5.74) is 0. The monoisotopic (exact) mass is 247 g/mol. The number of carboxylic acids is 1. The number of thioether (sulfide) groups is 1. The largest absolute Gasteiger partial charge is 0.480 e. The lowest BCUT2D eigenvalue weighted by atomic mass is 10.2. The zero-order valence-corrected chi connectivity index (χ0v) is 10.3. The van der Waals surface area contributed by atoms with Crippen LogP contribution in [0.15, 0.2) is 0 Å². The SMILES string of the molecule is COC(C)CCC(=O)N1CSCC1C(=O)O. The van der Waals surface area contributed by atoms with Gasteiger partial charge in [-0.25, -0.2) is 4.79 Å². The van der Waals surface area contributed by atoms with E-state index >= 15 is 0 Å². The molecule has 5 nitrogen and oxygen atoms in total. The van der Waals surface area contributed by atoms with E-state index in [1.54, 1.807) is 7.11 Å². The molecule has 0 spiro atoms. The molecule has 2 atom stereocenters. The fourth-order valence-electron chi connectivity index (χ4n) is 1.48. The van der Waals surface area contributed by atoms with Crippen molar-refractivity contribution in [2.45, 2.75) is 31.9 Å². The average Bonchev–Trinajstić information content (AvgIpc) is 2.74. The first-order valence-corrected chi connectivity index (χ1v) is 6.34. The molecule has 1 aliphatic heterocycles. The molecule has 1 N–H and O–H groups in total. The summed E-state index contributed by atoms with van der Waals surface area (Å²) < 4.78 is 5.05. The smallest absolute Gasteiger partial charge is 0.327 e. The number of amides is 1. The minimum atomic E-state index is -0.918. The molecule has 1 amide bonds. The van der Waals surface area contributed by atoms with Gasteiger partial charge in [0.25, 0.3) is 0 Å². The van der Waals surface area contributed by atoms with Gasteiger partial charge in [0.2, 0.25) is 5.91 Å². The third-order valence-corrected chi connectivity index (χ3v) is 3.67. The van der Waals surface area contributed by atoms with Crippen LogP contribution in [0.3, 0.4) is 0 Å². The van der Waals surface area contributed by atoms with E-state index in [1.165, 1.54) is 16.7 Å². The van der Waals surface area contributed by atoms with E-state index in [2.05, 4.69) is 0 Å². The first-order chi connectivity index (χ1) is 7.56. The van der Waals surface area contributed by atoms with Crippen LogP contribution >= 0.6 is 11.8 Å². The Morgan fingerprint density at radius 2 is 2.31 bits per heavy atom. The van der Waals surface area contributed by atoms with E-state index in [4.69, 9.17) is 9.84 Å². The second-order valence-corrected chi connectivity index (χ2v) is 4.80. The number of rotatable bonds is 5. The van der Waals surface area contributed by atoms with Gasteiger partial charge in [-0.15, -0.1) is 11.8 Å². The predicted octanol–water partition coefficient (Wildman–Crippen LogP) is 0.788. The van der Waals surface area contributed by atoms with E-state index in [-0.39, 0.29) is 12.0 Å². The fraction of sp³-hybridized carbons (Fsp3) is 0.800. The van der Waals surface area contributed by atoms with Crippen molar-refractivity contribution in [1.82, 2.24) is 4.90 Å². The highest BCUT2D eigenvalue weighted by Gasteiger charge is 2.34. The van der Waals surface area contributed by atoms with Crippen molar-refractivity contribution in [3.05, 3.63) is 0 Å². The summed E-state index contributed by atoms with van der Waals surface area (Å²) in [7, 11) is 1.60. The molecule has 0 aromatic rings. The lowest BCUT2D eigenvalue weighted by Gasteiger charge is -2.21. The number of hydrogen-bond donors (Lipinski definition) is 1. The van der Waals surface area contributed by atoms with Gasteiger partial charge in [-0.3, -0.25) is 4.79 Å². The van der Waals surface area contributed by atoms with Crippen LogP contribution in [0.2, 0.25) is 0 Å². The molecule has 0 aromatic carbocycles. The number of carbonyl (C=O) groups excluding carboxylic acids is 1. The molecule has 16 heavy (non-hydrogen) atoms. The number of carboxylic acid groups (broad SMARTS) is 1. The maximum Gasteiger partial charge on any atom is 0.327 e. The summed E-state index contributed by atoms with van der Waals surface area (Å²) in [6.07, 6.45) is 1.00. The van der Waals surface area contributed by atoms with Gasteiger partial charge in [0.1, 0.15) is 6.04 Å². The summed E-state index contributed by atoms with van der Waals surface area (Å²) in [4.78, 5) is 24.1. The molecule has 1 aliphatic rings. The van der Waals surface area contributed by atoms with Crippen molar-refractivity contribution in [3.63, 3.8) is 0 Å². The van der Waals surface area contributed by atoms with Gasteiger partial charge in [-0.1, -0.05) is 0 Å². The molecular formula is C10H17NO4S. The fourth-order valence-corrected chi connectivity index (χ4v) is 2.65. The number of hydrogen-bond acceptors (Lipinski definition) is 4. The Balaban J connectivity index is 2.44. The summed E-state index contributed by atoms with van der Waals surface area (Å²) in [6, 6.07) is -0.657. The van der Waals surface area contributed by atoms with E-state index in [0.717, 1.165) is 0 Å². The van der Waals surface area contributed by atoms with Gasteiger partial charge < -0.3 is 14.7 Å². The van der Waals surface area contributed by atoms with Gasteiger partial charge in [0.15, 0.2) is 0 Å². The molecule has 0 aliphatic carbocycles. The lowest BCUT2D eigenvalue weighted by molar-refractivity contribution is -0.147. The molecule has 1 rings (SSSR count). The summed E-state index contributed by atoms with van der Waals surface area (Å²) in [6.45, 7) is 1.89. The highest BCUT2D eigenvalue weighted by molar-refractivity contribution is 7.99. The molecule has 0 bridgehead atoms. The molecule has 0 aromatic heterocycles. The van der Waals surface area contributed by atoms with Crippen LogP contribution in [0.4, 0.5) is 0 Å². The molecule has 0 radical (unpaired) electrons. The van der Waals surface area contributed by atoms with Crippen LogP contribution in [-0.2, 0) is 14.3 Å². The van der Waals surface area contributed by atoms with Gasteiger partial charge in [0.05, 0.1) is 12.0 Å². The van der Waals surface area contributed by atoms with Crippen LogP contribution < -0.4 is 0 Å². The second-order valence-electron chi connectivity index (χ2n) is 3.80. The average molecular weight is 247 g/mol. The van der Waals surface area contributed by atoms with Gasteiger partial charge >= 0.3 is 5.97 Å². The summed E-state index contributed by atoms with van der Waals surface area (Å²) >= 11 is 1.48. The minimum Gasteiger partial charge on any atom is -0.480 e. The molecule has 0 saturated carbocycles. The Bertz CT molecular complexity index is 272. The Hall–Kier alpha value is -0.750. The third kappa shape index (κ3) is 3.38. The molecule has 1 fully saturated rings. The number of ether oxygens (including phenoxy) is 1. The molecule has 6 heteroatoms. The van der Waals surface area contributed by atoms with E-state index in [1.807, 2.05) is 6.92 Å². The number of nitrogens with zero attached hydrogens (tertiary/aromatic N) is 1. The number of methoxy groups -OCH3 is 1. The topological polar surface area (TPSA) is 66.8 Å². The van der Waals surface area contributed by atoms with Crippen LogP contribution in [0.5, 0.6) is 0 Å². The number of carbonyl (C=O) groups is 2. The quantitative estimate of drug-likeness (QED) is 0.778. The minimum absolute atomic E-state index is 0.0301. The standard InChI is InChI=1S/C10H17NO4S/c1-7(15-2)3-4-9(12)11-6-16-5-8(11)10(13)14/h7-8H,3-6H2,1-2H3,(H,13,14). The van der Waals surface area contributed by atoms with Crippen LogP contribution in [0.25, 0.3) is 0 Å². The Kier molecular flexibility index (Phi) is 5.08. The van der Waals surface area contributed by atoms with Crippen LogP contribution in [0.1, 0.15) is 19.8 Å². The molecule has 1 heterocycles. The maximum atomic E-state index is 11.8. The Morgan fingerprint density at radius 3 is 2.88 bits per heavy atom. The first-order valence-electron chi connectivity index (χ1n) is 5.19. The third-order valence-electron chi connectivity index (χ3n) is 2.65. The van der Waals surface area contributed by atoms with E-state index < -0.39 is 12.0 Å². The van der Waals surface area contributed by atoms with Gasteiger partial charge in [-0.05, 0) is 13.3 Å². The van der Waals surface area contributed by atoms with Crippen molar-refractivity contribution >= 4 is 23.6 Å². The van der Waals surface area contributed by atoms with E-state index in [9.17, 15) is 9.59 Å². The molecular weight excluding hydrogens is 230 g/mol. The molecule has 1 saturated heterocycles. The van der Waals surface area contributed by atoms with Crippen molar-refractivity contribution < 1.29 is 19.4 Å². The highest BCUT2D eigenvalue weighted by Crippen LogP contribution is 2.22. The van der Waals surface area contributed by atoms with E-state index in [0.29, 0.717) is 24.5 Å². The zero-order chi connectivity index (χ0) is 12.1. The van der Waals surface area contributed by atoms with Crippen LogP contribution in [-0.4, -0.2) is 52.8 Å². The molecule has 92 valence electrons.